The Morgan fingerprint density at radius 1 is 1.08 bits per heavy atom. The zero-order valence-corrected chi connectivity index (χ0v) is 13.8. The van der Waals surface area contributed by atoms with E-state index in [1.165, 1.54) is 14.0 Å². The fourth-order valence-corrected chi connectivity index (χ4v) is 2.37. The number of rotatable bonds is 5. The van der Waals surface area contributed by atoms with Crippen LogP contribution in [0, 0.1) is 0 Å². The summed E-state index contributed by atoms with van der Waals surface area (Å²) in [5.74, 6) is -0.205. The molecule has 6 nitrogen and oxygen atoms in total. The van der Waals surface area contributed by atoms with Crippen molar-refractivity contribution in [2.24, 2.45) is 0 Å². The van der Waals surface area contributed by atoms with Gasteiger partial charge in [-0.3, -0.25) is 4.79 Å². The Bertz CT molecular complexity index is 959. The largest absolute Gasteiger partial charge is 0.497 e. The lowest BCUT2D eigenvalue weighted by Gasteiger charge is -2.13. The lowest BCUT2D eigenvalue weighted by molar-refractivity contribution is -0.132. The molecule has 1 aromatic heterocycles. The van der Waals surface area contributed by atoms with Crippen LogP contribution < -0.4 is 19.8 Å². The summed E-state index contributed by atoms with van der Waals surface area (Å²) >= 11 is 0. The minimum absolute atomic E-state index is 0.160. The van der Waals surface area contributed by atoms with Crippen LogP contribution in [0.15, 0.2) is 57.7 Å². The molecule has 0 aliphatic carbocycles. The van der Waals surface area contributed by atoms with Crippen molar-refractivity contribution in [3.05, 3.63) is 64.5 Å². The molecule has 6 heteroatoms. The highest BCUT2D eigenvalue weighted by atomic mass is 16.6. The van der Waals surface area contributed by atoms with Crippen LogP contribution in [-0.2, 0) is 11.4 Å². The number of carbonyl (C=O) groups excluding carboxylic acids is 1. The number of carbonyl (C=O) groups is 1. The quantitative estimate of drug-likeness (QED) is 0.524. The lowest BCUT2D eigenvalue weighted by Crippen LogP contribution is -2.13. The van der Waals surface area contributed by atoms with Crippen LogP contribution in [0.25, 0.3) is 11.0 Å². The van der Waals surface area contributed by atoms with Crippen molar-refractivity contribution in [2.75, 3.05) is 7.11 Å². The smallest absolute Gasteiger partial charge is 0.383 e. The summed E-state index contributed by atoms with van der Waals surface area (Å²) in [5, 5.41) is 0.507. The van der Waals surface area contributed by atoms with E-state index in [2.05, 4.69) is 0 Å². The molecule has 0 radical (unpaired) electrons. The fourth-order valence-electron chi connectivity index (χ4n) is 2.37. The van der Waals surface area contributed by atoms with Crippen LogP contribution in [0.5, 0.6) is 17.2 Å². The molecule has 128 valence electrons. The molecular formula is C19H16O6. The second-order valence-electron chi connectivity index (χ2n) is 5.28. The second-order valence-corrected chi connectivity index (χ2v) is 5.28. The molecular weight excluding hydrogens is 324 g/mol. The maximum atomic E-state index is 12.2. The first-order chi connectivity index (χ1) is 12.1. The van der Waals surface area contributed by atoms with Crippen molar-refractivity contribution < 1.29 is 23.4 Å². The minimum atomic E-state index is -0.793. The topological polar surface area (TPSA) is 75.0 Å². The van der Waals surface area contributed by atoms with E-state index in [-0.39, 0.29) is 23.7 Å². The Hall–Kier alpha value is -3.28. The molecule has 2 aromatic carbocycles. The third kappa shape index (κ3) is 3.63. The van der Waals surface area contributed by atoms with Crippen molar-refractivity contribution in [3.8, 4) is 17.2 Å². The van der Waals surface area contributed by atoms with Gasteiger partial charge in [-0.15, -0.1) is 0 Å². The molecule has 0 spiro atoms. The molecule has 0 amide bonds. The van der Waals surface area contributed by atoms with Gasteiger partial charge in [0.2, 0.25) is 0 Å². The standard InChI is InChI=1S/C19H16O6/c1-12(20)24-18-17(23-11-13-6-4-3-5-7-13)15-9-8-14(22-2)10-16(15)25-19(18)21/h3-10H,11H2,1-2H3. The Morgan fingerprint density at radius 3 is 2.52 bits per heavy atom. The predicted octanol–water partition coefficient (Wildman–Crippen LogP) is 3.31. The van der Waals surface area contributed by atoms with Gasteiger partial charge in [0.15, 0.2) is 5.75 Å². The number of esters is 1. The molecule has 0 fully saturated rings. The van der Waals surface area contributed by atoms with Gasteiger partial charge >= 0.3 is 11.6 Å². The number of hydrogen-bond acceptors (Lipinski definition) is 6. The van der Waals surface area contributed by atoms with Crippen LogP contribution in [-0.4, -0.2) is 13.1 Å². The Balaban J connectivity index is 2.10. The third-order valence-electron chi connectivity index (χ3n) is 3.50. The van der Waals surface area contributed by atoms with E-state index < -0.39 is 11.6 Å². The van der Waals surface area contributed by atoms with E-state index >= 15 is 0 Å². The van der Waals surface area contributed by atoms with Gasteiger partial charge in [0.1, 0.15) is 17.9 Å². The summed E-state index contributed by atoms with van der Waals surface area (Å²) in [6, 6.07) is 14.4. The van der Waals surface area contributed by atoms with Crippen molar-refractivity contribution in [2.45, 2.75) is 13.5 Å². The first-order valence-electron chi connectivity index (χ1n) is 7.58. The molecule has 0 saturated carbocycles. The van der Waals surface area contributed by atoms with Crippen LogP contribution in [0.2, 0.25) is 0 Å². The van der Waals surface area contributed by atoms with Crippen molar-refractivity contribution in [1.82, 2.24) is 0 Å². The van der Waals surface area contributed by atoms with E-state index in [0.29, 0.717) is 11.1 Å². The molecule has 0 saturated heterocycles. The van der Waals surface area contributed by atoms with Crippen LogP contribution >= 0.6 is 0 Å². The monoisotopic (exact) mass is 340 g/mol. The second kappa shape index (κ2) is 7.09. The summed E-state index contributed by atoms with van der Waals surface area (Å²) in [4.78, 5) is 23.6. The normalized spacial score (nSPS) is 10.5. The molecule has 3 rings (SSSR count). The summed E-state index contributed by atoms with van der Waals surface area (Å²) < 4.78 is 21.2. The molecule has 0 aliphatic rings. The number of methoxy groups -OCH3 is 1. The highest BCUT2D eigenvalue weighted by Crippen LogP contribution is 2.35. The summed E-state index contributed by atoms with van der Waals surface area (Å²) in [6.45, 7) is 1.42. The molecule has 1 heterocycles. The number of fused-ring (bicyclic) bond motifs is 1. The third-order valence-corrected chi connectivity index (χ3v) is 3.50. The molecule has 0 unspecified atom stereocenters. The predicted molar refractivity (Wildman–Crippen MR) is 91.1 cm³/mol. The maximum absolute atomic E-state index is 12.2. The van der Waals surface area contributed by atoms with Gasteiger partial charge in [0.25, 0.3) is 5.75 Å². The molecule has 0 bridgehead atoms. The van der Waals surface area contributed by atoms with Crippen molar-refractivity contribution in [1.29, 1.82) is 0 Å². The first-order valence-corrected chi connectivity index (χ1v) is 7.58. The summed E-state index contributed by atoms with van der Waals surface area (Å²) in [6.07, 6.45) is 0. The highest BCUT2D eigenvalue weighted by molar-refractivity contribution is 5.87. The van der Waals surface area contributed by atoms with E-state index in [1.54, 1.807) is 18.2 Å². The van der Waals surface area contributed by atoms with Gasteiger partial charge in [0.05, 0.1) is 12.5 Å². The zero-order valence-electron chi connectivity index (χ0n) is 13.8. The maximum Gasteiger partial charge on any atom is 0.383 e. The van der Waals surface area contributed by atoms with Crippen molar-refractivity contribution >= 4 is 16.9 Å². The molecule has 25 heavy (non-hydrogen) atoms. The number of benzene rings is 2. The molecule has 0 aliphatic heterocycles. The fraction of sp³-hybridized carbons (Fsp3) is 0.158. The highest BCUT2D eigenvalue weighted by Gasteiger charge is 2.20. The van der Waals surface area contributed by atoms with Gasteiger partial charge in [-0.1, -0.05) is 30.3 Å². The Labute approximate surface area is 143 Å². The van der Waals surface area contributed by atoms with Crippen LogP contribution in [0.4, 0.5) is 0 Å². The van der Waals surface area contributed by atoms with Gasteiger partial charge in [-0.2, -0.15) is 0 Å². The lowest BCUT2D eigenvalue weighted by atomic mass is 10.2. The zero-order chi connectivity index (χ0) is 17.8. The summed E-state index contributed by atoms with van der Waals surface area (Å²) in [5.41, 5.74) is 0.397. The van der Waals surface area contributed by atoms with Crippen LogP contribution in [0.3, 0.4) is 0 Å². The minimum Gasteiger partial charge on any atom is -0.497 e. The molecule has 0 N–H and O–H groups in total. The Kier molecular flexibility index (Phi) is 4.70. The van der Waals surface area contributed by atoms with E-state index in [0.717, 1.165) is 5.56 Å². The van der Waals surface area contributed by atoms with E-state index in [9.17, 15) is 9.59 Å². The summed E-state index contributed by atoms with van der Waals surface area (Å²) in [7, 11) is 1.51. The van der Waals surface area contributed by atoms with Gasteiger partial charge in [-0.05, 0) is 17.7 Å². The number of hydrogen-bond donors (Lipinski definition) is 0. The van der Waals surface area contributed by atoms with Gasteiger partial charge in [0, 0.05) is 13.0 Å². The number of ether oxygens (including phenoxy) is 3. The SMILES string of the molecule is COc1ccc2c(OCc3ccccc3)c(OC(C)=O)c(=O)oc2c1. The molecule has 3 aromatic rings. The van der Waals surface area contributed by atoms with E-state index in [1.807, 2.05) is 30.3 Å². The average molecular weight is 340 g/mol. The first kappa shape index (κ1) is 16.6. The van der Waals surface area contributed by atoms with Gasteiger partial charge in [-0.25, -0.2) is 4.79 Å². The van der Waals surface area contributed by atoms with Gasteiger partial charge < -0.3 is 18.6 Å². The van der Waals surface area contributed by atoms with Crippen LogP contribution in [0.1, 0.15) is 12.5 Å². The average Bonchev–Trinajstić information content (AvgIpc) is 2.61. The molecule has 0 atom stereocenters. The van der Waals surface area contributed by atoms with Crippen molar-refractivity contribution in [3.63, 3.8) is 0 Å². The van der Waals surface area contributed by atoms with E-state index in [4.69, 9.17) is 18.6 Å². The Morgan fingerprint density at radius 2 is 1.84 bits per heavy atom.